The Kier molecular flexibility index (Phi) is 5.11. The lowest BCUT2D eigenvalue weighted by Gasteiger charge is -2.29. The van der Waals surface area contributed by atoms with Gasteiger partial charge in [0.25, 0.3) is 0 Å². The predicted molar refractivity (Wildman–Crippen MR) is 124 cm³/mol. The maximum atomic E-state index is 13.0. The largest absolute Gasteiger partial charge is 0.494 e. The average Bonchev–Trinajstić information content (AvgIpc) is 3.45. The van der Waals surface area contributed by atoms with Gasteiger partial charge in [-0.3, -0.25) is 9.69 Å². The quantitative estimate of drug-likeness (QED) is 0.511. The van der Waals surface area contributed by atoms with Gasteiger partial charge in [-0.2, -0.15) is 0 Å². The summed E-state index contributed by atoms with van der Waals surface area (Å²) in [6, 6.07) is 17.1. The fourth-order valence-electron chi connectivity index (χ4n) is 4.38. The molecule has 3 aliphatic heterocycles. The van der Waals surface area contributed by atoms with Gasteiger partial charge in [-0.05, 0) is 60.5 Å². The molecule has 0 bridgehead atoms. The van der Waals surface area contributed by atoms with E-state index in [2.05, 4.69) is 4.90 Å². The molecule has 0 aromatic heterocycles. The monoisotopic (exact) mass is 457 g/mol. The van der Waals surface area contributed by atoms with Crippen LogP contribution in [0.2, 0.25) is 0 Å². The molecule has 6 rings (SSSR count). The van der Waals surface area contributed by atoms with Crippen molar-refractivity contribution in [2.75, 3.05) is 20.1 Å². The van der Waals surface area contributed by atoms with Gasteiger partial charge in [-0.25, -0.2) is 0 Å². The first-order valence-corrected chi connectivity index (χ1v) is 11.2. The van der Waals surface area contributed by atoms with Crippen LogP contribution < -0.4 is 23.7 Å². The van der Waals surface area contributed by atoms with Crippen LogP contribution in [-0.4, -0.2) is 30.8 Å². The Morgan fingerprint density at radius 3 is 2.65 bits per heavy atom. The molecule has 0 radical (unpaired) electrons. The molecule has 172 valence electrons. The van der Waals surface area contributed by atoms with Crippen LogP contribution in [0.5, 0.6) is 28.7 Å². The Hall–Kier alpha value is -3.97. The third kappa shape index (κ3) is 3.74. The van der Waals surface area contributed by atoms with E-state index in [0.29, 0.717) is 43.5 Å². The summed E-state index contributed by atoms with van der Waals surface area (Å²) < 4.78 is 28.5. The average molecular weight is 457 g/mol. The SMILES string of the molecule is CCOc1ccc(/C=C2\Oc3c(ccc4c3CN(Cc3ccc5c(c3)OCO5)CO4)C2=O)cc1. The first kappa shape index (κ1) is 20.6. The van der Waals surface area contributed by atoms with Crippen LogP contribution in [0.15, 0.2) is 60.4 Å². The Balaban J connectivity index is 1.23. The lowest BCUT2D eigenvalue weighted by molar-refractivity contribution is 0.0872. The van der Waals surface area contributed by atoms with Crippen LogP contribution in [0.4, 0.5) is 0 Å². The second kappa shape index (κ2) is 8.43. The molecule has 7 heteroatoms. The number of nitrogens with zero attached hydrogens (tertiary/aromatic N) is 1. The van der Waals surface area contributed by atoms with Gasteiger partial charge >= 0.3 is 0 Å². The number of hydrogen-bond donors (Lipinski definition) is 0. The molecule has 3 aromatic carbocycles. The van der Waals surface area contributed by atoms with E-state index in [1.165, 1.54) is 0 Å². The van der Waals surface area contributed by atoms with E-state index in [0.717, 1.165) is 39.7 Å². The fourth-order valence-corrected chi connectivity index (χ4v) is 4.38. The Morgan fingerprint density at radius 2 is 1.79 bits per heavy atom. The summed E-state index contributed by atoms with van der Waals surface area (Å²) in [7, 11) is 0. The minimum absolute atomic E-state index is 0.125. The lowest BCUT2D eigenvalue weighted by atomic mass is 10.0. The third-order valence-corrected chi connectivity index (χ3v) is 6.01. The highest BCUT2D eigenvalue weighted by atomic mass is 16.7. The first-order valence-electron chi connectivity index (χ1n) is 11.2. The summed E-state index contributed by atoms with van der Waals surface area (Å²) in [4.78, 5) is 15.2. The van der Waals surface area contributed by atoms with Crippen LogP contribution in [0, 0.1) is 0 Å². The van der Waals surface area contributed by atoms with E-state index < -0.39 is 0 Å². The van der Waals surface area contributed by atoms with Crippen LogP contribution in [0.25, 0.3) is 6.08 Å². The van der Waals surface area contributed by atoms with Crippen molar-refractivity contribution in [3.05, 3.63) is 82.6 Å². The Morgan fingerprint density at radius 1 is 0.971 bits per heavy atom. The maximum Gasteiger partial charge on any atom is 0.231 e. The van der Waals surface area contributed by atoms with E-state index in [-0.39, 0.29) is 12.6 Å². The minimum Gasteiger partial charge on any atom is -0.494 e. The van der Waals surface area contributed by atoms with Crippen molar-refractivity contribution in [3.8, 4) is 28.7 Å². The van der Waals surface area contributed by atoms with E-state index in [4.69, 9.17) is 23.7 Å². The van der Waals surface area contributed by atoms with Crippen molar-refractivity contribution in [2.24, 2.45) is 0 Å². The van der Waals surface area contributed by atoms with E-state index in [1.807, 2.05) is 55.5 Å². The van der Waals surface area contributed by atoms with Crippen LogP contribution in [0.1, 0.15) is 34.0 Å². The van der Waals surface area contributed by atoms with Gasteiger partial charge in [0.15, 0.2) is 17.3 Å². The highest BCUT2D eigenvalue weighted by Gasteiger charge is 2.33. The van der Waals surface area contributed by atoms with E-state index in [9.17, 15) is 4.79 Å². The van der Waals surface area contributed by atoms with Crippen molar-refractivity contribution < 1.29 is 28.5 Å². The second-order valence-corrected chi connectivity index (χ2v) is 8.31. The normalized spacial score (nSPS) is 17.2. The smallest absolute Gasteiger partial charge is 0.231 e. The van der Waals surface area contributed by atoms with Gasteiger partial charge in [-0.1, -0.05) is 18.2 Å². The predicted octanol–water partition coefficient (Wildman–Crippen LogP) is 4.78. The van der Waals surface area contributed by atoms with Gasteiger partial charge in [0.1, 0.15) is 24.0 Å². The van der Waals surface area contributed by atoms with Gasteiger partial charge in [0.05, 0.1) is 17.7 Å². The molecule has 0 atom stereocenters. The van der Waals surface area contributed by atoms with E-state index in [1.54, 1.807) is 12.1 Å². The number of ether oxygens (including phenoxy) is 5. The molecule has 3 heterocycles. The molecule has 7 nitrogen and oxygen atoms in total. The summed E-state index contributed by atoms with van der Waals surface area (Å²) in [5, 5.41) is 0. The molecule has 3 aliphatic rings. The highest BCUT2D eigenvalue weighted by molar-refractivity contribution is 6.15. The number of fused-ring (bicyclic) bond motifs is 4. The lowest BCUT2D eigenvalue weighted by Crippen LogP contribution is -2.31. The van der Waals surface area contributed by atoms with Crippen molar-refractivity contribution in [1.29, 1.82) is 0 Å². The van der Waals surface area contributed by atoms with Gasteiger partial charge in [0, 0.05) is 13.1 Å². The molecule has 3 aromatic rings. The number of carbonyl (C=O) groups is 1. The summed E-state index contributed by atoms with van der Waals surface area (Å²) in [6.07, 6.45) is 1.76. The number of carbonyl (C=O) groups excluding carboxylic acids is 1. The molecule has 0 fully saturated rings. The molecule has 0 spiro atoms. The Labute approximate surface area is 197 Å². The standard InChI is InChI=1S/C27H23NO6/c1-2-30-19-6-3-17(4-7-19)11-25-26(29)20-8-10-22-21(27(20)34-25)14-28(15-31-22)13-18-5-9-23-24(12-18)33-16-32-23/h3-12H,2,13-16H2,1H3/b25-11-. The zero-order valence-electron chi connectivity index (χ0n) is 18.7. The maximum absolute atomic E-state index is 13.0. The number of allylic oxidation sites excluding steroid dienone is 1. The summed E-state index contributed by atoms with van der Waals surface area (Å²) >= 11 is 0. The Bertz CT molecular complexity index is 1300. The van der Waals surface area contributed by atoms with Crippen LogP contribution in [-0.2, 0) is 13.1 Å². The summed E-state index contributed by atoms with van der Waals surface area (Å²) in [6.45, 7) is 4.53. The molecular weight excluding hydrogens is 434 g/mol. The zero-order valence-corrected chi connectivity index (χ0v) is 18.7. The van der Waals surface area contributed by atoms with Gasteiger partial charge in [-0.15, -0.1) is 0 Å². The highest BCUT2D eigenvalue weighted by Crippen LogP contribution is 2.42. The minimum atomic E-state index is -0.125. The molecule has 0 aliphatic carbocycles. The number of Topliss-reactive ketones (excluding diaryl/α,β-unsaturated/α-hetero) is 1. The molecule has 0 N–H and O–H groups in total. The fraction of sp³-hybridized carbons (Fsp3) is 0.222. The van der Waals surface area contributed by atoms with Gasteiger partial charge < -0.3 is 23.7 Å². The molecule has 0 unspecified atom stereocenters. The third-order valence-electron chi connectivity index (χ3n) is 6.01. The molecule has 0 saturated heterocycles. The van der Waals surface area contributed by atoms with Crippen molar-refractivity contribution in [3.63, 3.8) is 0 Å². The molecule has 0 amide bonds. The topological polar surface area (TPSA) is 66.5 Å². The molecular formula is C27H23NO6. The molecule has 0 saturated carbocycles. The number of rotatable bonds is 5. The van der Waals surface area contributed by atoms with Crippen molar-refractivity contribution in [2.45, 2.75) is 20.0 Å². The zero-order chi connectivity index (χ0) is 23.1. The second-order valence-electron chi connectivity index (χ2n) is 8.31. The summed E-state index contributed by atoms with van der Waals surface area (Å²) in [5.41, 5.74) is 3.41. The number of hydrogen-bond acceptors (Lipinski definition) is 7. The van der Waals surface area contributed by atoms with Crippen LogP contribution >= 0.6 is 0 Å². The first-order chi connectivity index (χ1) is 16.7. The van der Waals surface area contributed by atoms with Crippen molar-refractivity contribution >= 4 is 11.9 Å². The van der Waals surface area contributed by atoms with E-state index >= 15 is 0 Å². The van der Waals surface area contributed by atoms with Gasteiger partial charge in [0.2, 0.25) is 12.6 Å². The number of ketones is 1. The molecule has 34 heavy (non-hydrogen) atoms. The summed E-state index contributed by atoms with van der Waals surface area (Å²) in [5.74, 6) is 3.82. The van der Waals surface area contributed by atoms with Crippen molar-refractivity contribution in [1.82, 2.24) is 4.90 Å². The van der Waals surface area contributed by atoms with Crippen LogP contribution in [0.3, 0.4) is 0 Å². The number of benzene rings is 3.